The molecular weight excluding hydrogens is 300 g/mol. The van der Waals surface area contributed by atoms with Crippen molar-refractivity contribution in [1.82, 2.24) is 0 Å². The van der Waals surface area contributed by atoms with Crippen LogP contribution in [-0.4, -0.2) is 18.6 Å². The summed E-state index contributed by atoms with van der Waals surface area (Å²) in [4.78, 5) is 12.2. The number of aryl methyl sites for hydroxylation is 1. The molecule has 0 fully saturated rings. The lowest BCUT2D eigenvalue weighted by molar-refractivity contribution is -0.114. The molecule has 0 radical (unpaired) electrons. The van der Waals surface area contributed by atoms with Gasteiger partial charge in [-0.15, -0.1) is 0 Å². The number of hydrogen-bond acceptors (Lipinski definition) is 3. The number of anilines is 2. The summed E-state index contributed by atoms with van der Waals surface area (Å²) in [5, 5.41) is 6.08. The summed E-state index contributed by atoms with van der Waals surface area (Å²) in [6.07, 6.45) is 1.13. The SMILES string of the molecule is CCC(C)Oc1cccc(NCC(=O)Nc2cccc(C)c2C)c1. The van der Waals surface area contributed by atoms with Gasteiger partial charge >= 0.3 is 0 Å². The second-order valence-corrected chi connectivity index (χ2v) is 6.01. The predicted molar refractivity (Wildman–Crippen MR) is 99.9 cm³/mol. The third kappa shape index (κ3) is 5.01. The smallest absolute Gasteiger partial charge is 0.243 e. The van der Waals surface area contributed by atoms with E-state index in [-0.39, 0.29) is 18.6 Å². The highest BCUT2D eigenvalue weighted by Gasteiger charge is 2.07. The van der Waals surface area contributed by atoms with E-state index in [0.29, 0.717) is 0 Å². The van der Waals surface area contributed by atoms with Gasteiger partial charge in [-0.2, -0.15) is 0 Å². The molecule has 1 atom stereocenters. The molecule has 1 unspecified atom stereocenters. The van der Waals surface area contributed by atoms with Crippen molar-refractivity contribution in [1.29, 1.82) is 0 Å². The van der Waals surface area contributed by atoms with Crippen molar-refractivity contribution in [2.24, 2.45) is 0 Å². The van der Waals surface area contributed by atoms with E-state index in [2.05, 4.69) is 17.6 Å². The van der Waals surface area contributed by atoms with Crippen LogP contribution in [0.25, 0.3) is 0 Å². The van der Waals surface area contributed by atoms with Gasteiger partial charge in [-0.05, 0) is 56.5 Å². The fourth-order valence-electron chi connectivity index (χ4n) is 2.26. The zero-order chi connectivity index (χ0) is 17.5. The van der Waals surface area contributed by atoms with E-state index in [4.69, 9.17) is 4.74 Å². The maximum atomic E-state index is 12.2. The number of nitrogens with one attached hydrogen (secondary N) is 2. The van der Waals surface area contributed by atoms with E-state index in [0.717, 1.165) is 34.7 Å². The molecule has 0 heterocycles. The minimum Gasteiger partial charge on any atom is -0.491 e. The van der Waals surface area contributed by atoms with Crippen molar-refractivity contribution in [2.75, 3.05) is 17.2 Å². The number of hydrogen-bond donors (Lipinski definition) is 2. The van der Waals surface area contributed by atoms with E-state index >= 15 is 0 Å². The highest BCUT2D eigenvalue weighted by Crippen LogP contribution is 2.20. The Morgan fingerprint density at radius 2 is 1.92 bits per heavy atom. The summed E-state index contributed by atoms with van der Waals surface area (Å²) >= 11 is 0. The van der Waals surface area contributed by atoms with Gasteiger partial charge in [-0.25, -0.2) is 0 Å². The molecule has 0 aromatic heterocycles. The van der Waals surface area contributed by atoms with Crippen LogP contribution in [0.2, 0.25) is 0 Å². The lowest BCUT2D eigenvalue weighted by Crippen LogP contribution is -2.22. The second kappa shape index (κ2) is 8.39. The molecule has 4 heteroatoms. The molecule has 0 saturated carbocycles. The zero-order valence-corrected chi connectivity index (χ0v) is 14.8. The molecular formula is C20H26N2O2. The number of carbonyl (C=O) groups excluding carboxylic acids is 1. The number of carbonyl (C=O) groups is 1. The molecule has 4 nitrogen and oxygen atoms in total. The number of ether oxygens (including phenoxy) is 1. The van der Waals surface area contributed by atoms with Crippen molar-refractivity contribution in [3.8, 4) is 5.75 Å². The lowest BCUT2D eigenvalue weighted by atomic mass is 10.1. The third-order valence-electron chi connectivity index (χ3n) is 4.08. The Morgan fingerprint density at radius 3 is 2.67 bits per heavy atom. The summed E-state index contributed by atoms with van der Waals surface area (Å²) in [7, 11) is 0. The van der Waals surface area contributed by atoms with Crippen LogP contribution in [0.4, 0.5) is 11.4 Å². The fraction of sp³-hybridized carbons (Fsp3) is 0.350. The molecule has 2 rings (SSSR count). The first-order valence-corrected chi connectivity index (χ1v) is 8.36. The predicted octanol–water partition coefficient (Wildman–Crippen LogP) is 4.53. The van der Waals surface area contributed by atoms with Gasteiger partial charge in [-0.3, -0.25) is 4.79 Å². The van der Waals surface area contributed by atoms with Crippen molar-refractivity contribution in [3.63, 3.8) is 0 Å². The van der Waals surface area contributed by atoms with Crippen LogP contribution in [-0.2, 0) is 4.79 Å². The highest BCUT2D eigenvalue weighted by molar-refractivity contribution is 5.94. The summed E-state index contributed by atoms with van der Waals surface area (Å²) in [6.45, 7) is 8.38. The second-order valence-electron chi connectivity index (χ2n) is 6.01. The summed E-state index contributed by atoms with van der Waals surface area (Å²) in [5.74, 6) is 0.737. The largest absolute Gasteiger partial charge is 0.491 e. The van der Waals surface area contributed by atoms with Gasteiger partial charge < -0.3 is 15.4 Å². The minimum absolute atomic E-state index is 0.0723. The van der Waals surface area contributed by atoms with Gasteiger partial charge in [0.05, 0.1) is 12.6 Å². The van der Waals surface area contributed by atoms with Crippen molar-refractivity contribution < 1.29 is 9.53 Å². The molecule has 0 spiro atoms. The first kappa shape index (κ1) is 17.9. The van der Waals surface area contributed by atoms with Crippen LogP contribution in [0.5, 0.6) is 5.75 Å². The molecule has 128 valence electrons. The third-order valence-corrected chi connectivity index (χ3v) is 4.08. The van der Waals surface area contributed by atoms with Crippen LogP contribution in [0.3, 0.4) is 0 Å². The van der Waals surface area contributed by atoms with Gasteiger partial charge in [0.25, 0.3) is 0 Å². The Morgan fingerprint density at radius 1 is 1.17 bits per heavy atom. The monoisotopic (exact) mass is 326 g/mol. The van der Waals surface area contributed by atoms with Crippen LogP contribution in [0.1, 0.15) is 31.4 Å². The Bertz CT molecular complexity index is 698. The molecule has 0 aliphatic heterocycles. The maximum Gasteiger partial charge on any atom is 0.243 e. The molecule has 1 amide bonds. The normalized spacial score (nSPS) is 11.7. The molecule has 0 saturated heterocycles. The van der Waals surface area contributed by atoms with Gasteiger partial charge in [0.15, 0.2) is 0 Å². The van der Waals surface area contributed by atoms with Crippen LogP contribution in [0.15, 0.2) is 42.5 Å². The summed E-state index contributed by atoms with van der Waals surface area (Å²) in [6, 6.07) is 13.6. The van der Waals surface area contributed by atoms with Gasteiger partial charge in [0.2, 0.25) is 5.91 Å². The first-order valence-electron chi connectivity index (χ1n) is 8.36. The highest BCUT2D eigenvalue weighted by atomic mass is 16.5. The first-order chi connectivity index (χ1) is 11.5. The molecule has 0 aliphatic carbocycles. The van der Waals surface area contributed by atoms with Gasteiger partial charge in [-0.1, -0.05) is 25.1 Å². The molecule has 0 aliphatic rings. The number of benzene rings is 2. The maximum absolute atomic E-state index is 12.2. The van der Waals surface area contributed by atoms with Gasteiger partial charge in [0, 0.05) is 17.4 Å². The van der Waals surface area contributed by atoms with E-state index in [1.165, 1.54) is 0 Å². The van der Waals surface area contributed by atoms with Crippen LogP contribution < -0.4 is 15.4 Å². The van der Waals surface area contributed by atoms with E-state index < -0.39 is 0 Å². The Balaban J connectivity index is 1.92. The number of amides is 1. The van der Waals surface area contributed by atoms with Crippen LogP contribution in [0, 0.1) is 13.8 Å². The van der Waals surface area contributed by atoms with E-state index in [9.17, 15) is 4.79 Å². The Kier molecular flexibility index (Phi) is 6.24. The average Bonchev–Trinajstić information content (AvgIpc) is 2.57. The van der Waals surface area contributed by atoms with Crippen LogP contribution >= 0.6 is 0 Å². The summed E-state index contributed by atoms with van der Waals surface area (Å²) in [5.41, 5.74) is 3.98. The minimum atomic E-state index is -0.0723. The fourth-order valence-corrected chi connectivity index (χ4v) is 2.26. The van der Waals surface area contributed by atoms with E-state index in [1.807, 2.05) is 63.2 Å². The molecule has 2 aromatic carbocycles. The van der Waals surface area contributed by atoms with Gasteiger partial charge in [0.1, 0.15) is 5.75 Å². The standard InChI is InChI=1S/C20H26N2O2/c1-5-15(3)24-18-10-7-9-17(12-18)21-13-20(23)22-19-11-6-8-14(2)16(19)4/h6-12,15,21H,5,13H2,1-4H3,(H,22,23). The van der Waals surface area contributed by atoms with Crippen molar-refractivity contribution in [3.05, 3.63) is 53.6 Å². The summed E-state index contributed by atoms with van der Waals surface area (Å²) < 4.78 is 5.79. The lowest BCUT2D eigenvalue weighted by Gasteiger charge is -2.14. The van der Waals surface area contributed by atoms with Crippen molar-refractivity contribution in [2.45, 2.75) is 40.2 Å². The quantitative estimate of drug-likeness (QED) is 0.786. The topological polar surface area (TPSA) is 50.4 Å². The Labute approximate surface area is 144 Å². The average molecular weight is 326 g/mol. The molecule has 2 N–H and O–H groups in total. The molecule has 0 bridgehead atoms. The zero-order valence-electron chi connectivity index (χ0n) is 14.8. The molecule has 2 aromatic rings. The van der Waals surface area contributed by atoms with Crippen molar-refractivity contribution >= 4 is 17.3 Å². The molecule has 24 heavy (non-hydrogen) atoms. The Hall–Kier alpha value is -2.49. The van der Waals surface area contributed by atoms with E-state index in [1.54, 1.807) is 0 Å². The number of rotatable bonds is 7.